The molecule has 1 aromatic heterocycles. The summed E-state index contributed by atoms with van der Waals surface area (Å²) in [7, 11) is 0. The zero-order valence-electron chi connectivity index (χ0n) is 14.5. The van der Waals surface area contributed by atoms with Crippen molar-refractivity contribution in [1.29, 1.82) is 0 Å². The third kappa shape index (κ3) is 3.27. The lowest BCUT2D eigenvalue weighted by atomic mass is 10.1. The summed E-state index contributed by atoms with van der Waals surface area (Å²) in [5, 5.41) is 2.11. The molecule has 3 aromatic rings. The summed E-state index contributed by atoms with van der Waals surface area (Å²) >= 11 is 0. The summed E-state index contributed by atoms with van der Waals surface area (Å²) in [6, 6.07) is 7.80. The smallest absolute Gasteiger partial charge is 0.261 e. The highest BCUT2D eigenvalue weighted by atomic mass is 19.2. The Balaban J connectivity index is 1.59. The van der Waals surface area contributed by atoms with E-state index in [1.165, 1.54) is 24.5 Å². The number of anilines is 1. The molecule has 0 saturated carbocycles. The molecule has 0 saturated heterocycles. The van der Waals surface area contributed by atoms with E-state index < -0.39 is 40.9 Å². The van der Waals surface area contributed by atoms with Gasteiger partial charge in [0.15, 0.2) is 11.6 Å². The summed E-state index contributed by atoms with van der Waals surface area (Å²) in [5.74, 6) is -5.48. The number of hydrogen-bond donors (Lipinski definition) is 1. The van der Waals surface area contributed by atoms with Gasteiger partial charge in [-0.05, 0) is 30.3 Å². The largest absolute Gasteiger partial charge is 0.467 e. The molecule has 1 aliphatic rings. The van der Waals surface area contributed by atoms with E-state index in [2.05, 4.69) is 5.32 Å². The fraction of sp³-hybridized carbons (Fsp3) is 0.0500. The van der Waals surface area contributed by atoms with Gasteiger partial charge in [-0.1, -0.05) is 0 Å². The number of nitrogens with one attached hydrogen (secondary N) is 1. The molecule has 0 fully saturated rings. The molecular formula is C20H11F3N2O4. The quantitative estimate of drug-likeness (QED) is 0.535. The summed E-state index contributed by atoms with van der Waals surface area (Å²) in [6.07, 6.45) is 1.41. The number of carbonyl (C=O) groups is 3. The van der Waals surface area contributed by atoms with E-state index in [-0.39, 0.29) is 23.2 Å². The molecule has 9 heteroatoms. The van der Waals surface area contributed by atoms with E-state index in [1.807, 2.05) is 0 Å². The second-order valence-corrected chi connectivity index (χ2v) is 6.24. The second-order valence-electron chi connectivity index (χ2n) is 6.24. The van der Waals surface area contributed by atoms with Gasteiger partial charge in [0.05, 0.1) is 29.6 Å². The van der Waals surface area contributed by atoms with E-state index >= 15 is 0 Å². The number of carbonyl (C=O) groups excluding carboxylic acids is 3. The van der Waals surface area contributed by atoms with Gasteiger partial charge in [0, 0.05) is 17.7 Å². The van der Waals surface area contributed by atoms with Crippen LogP contribution in [-0.2, 0) is 6.54 Å². The number of rotatable bonds is 4. The lowest BCUT2D eigenvalue weighted by Gasteiger charge is -2.11. The molecule has 0 spiro atoms. The van der Waals surface area contributed by atoms with Gasteiger partial charge in [0.2, 0.25) is 0 Å². The summed E-state index contributed by atoms with van der Waals surface area (Å²) in [5.41, 5.74) is -0.512. The molecule has 1 aliphatic heterocycles. The van der Waals surface area contributed by atoms with Crippen LogP contribution in [0.2, 0.25) is 0 Å². The third-order valence-electron chi connectivity index (χ3n) is 4.39. The summed E-state index contributed by atoms with van der Waals surface area (Å²) in [4.78, 5) is 38.4. The molecule has 146 valence electrons. The first-order valence-electron chi connectivity index (χ1n) is 8.33. The van der Waals surface area contributed by atoms with Crippen LogP contribution in [0.25, 0.3) is 0 Å². The van der Waals surface area contributed by atoms with Gasteiger partial charge in [-0.2, -0.15) is 0 Å². The summed E-state index contributed by atoms with van der Waals surface area (Å²) < 4.78 is 45.2. The Morgan fingerprint density at radius 2 is 1.66 bits per heavy atom. The van der Waals surface area contributed by atoms with E-state index in [0.717, 1.165) is 4.90 Å². The van der Waals surface area contributed by atoms with E-state index in [0.29, 0.717) is 17.9 Å². The number of imide groups is 1. The van der Waals surface area contributed by atoms with Crippen molar-refractivity contribution in [2.45, 2.75) is 6.54 Å². The Hall–Kier alpha value is -3.88. The first-order chi connectivity index (χ1) is 13.8. The van der Waals surface area contributed by atoms with Crippen LogP contribution in [-0.4, -0.2) is 22.6 Å². The molecule has 29 heavy (non-hydrogen) atoms. The maximum atomic E-state index is 13.7. The lowest BCUT2D eigenvalue weighted by Crippen LogP contribution is -2.28. The highest BCUT2D eigenvalue weighted by Gasteiger charge is 2.36. The Bertz CT molecular complexity index is 1160. The Morgan fingerprint density at radius 1 is 0.931 bits per heavy atom. The zero-order valence-corrected chi connectivity index (χ0v) is 14.5. The average Bonchev–Trinajstić information content (AvgIpc) is 3.29. The molecule has 2 heterocycles. The first-order valence-corrected chi connectivity index (χ1v) is 8.33. The van der Waals surface area contributed by atoms with E-state index in [4.69, 9.17) is 4.42 Å². The van der Waals surface area contributed by atoms with Crippen molar-refractivity contribution in [1.82, 2.24) is 4.90 Å². The Morgan fingerprint density at radius 3 is 2.38 bits per heavy atom. The van der Waals surface area contributed by atoms with Crippen LogP contribution in [0.1, 0.15) is 36.8 Å². The number of amides is 3. The van der Waals surface area contributed by atoms with Crippen LogP contribution in [0, 0.1) is 17.5 Å². The van der Waals surface area contributed by atoms with E-state index in [9.17, 15) is 27.6 Å². The van der Waals surface area contributed by atoms with Crippen LogP contribution in [0.4, 0.5) is 18.9 Å². The fourth-order valence-corrected chi connectivity index (χ4v) is 2.95. The van der Waals surface area contributed by atoms with Gasteiger partial charge in [0.1, 0.15) is 11.6 Å². The van der Waals surface area contributed by atoms with Gasteiger partial charge >= 0.3 is 0 Å². The van der Waals surface area contributed by atoms with Gasteiger partial charge in [0.25, 0.3) is 17.7 Å². The minimum atomic E-state index is -1.39. The van der Waals surface area contributed by atoms with Gasteiger partial charge < -0.3 is 9.73 Å². The standard InChI is InChI=1S/C20H11F3N2O4/c21-14-7-16(23)17(8-15(14)22)24-18(26)10-3-4-12-13(6-10)20(28)25(19(12)27)9-11-2-1-5-29-11/h1-8H,9H2,(H,24,26). The molecule has 4 rings (SSSR count). The molecule has 1 N–H and O–H groups in total. The van der Waals surface area contributed by atoms with Crippen molar-refractivity contribution >= 4 is 23.4 Å². The molecule has 2 aromatic carbocycles. The molecule has 6 nitrogen and oxygen atoms in total. The number of fused-ring (bicyclic) bond motifs is 1. The summed E-state index contributed by atoms with van der Waals surface area (Å²) in [6.45, 7) is -0.0685. The van der Waals surface area contributed by atoms with Gasteiger partial charge in [-0.3, -0.25) is 19.3 Å². The number of benzene rings is 2. The second kappa shape index (κ2) is 6.93. The van der Waals surface area contributed by atoms with Crippen molar-refractivity contribution in [2.75, 3.05) is 5.32 Å². The maximum absolute atomic E-state index is 13.7. The molecule has 0 radical (unpaired) electrons. The average molecular weight is 400 g/mol. The van der Waals surface area contributed by atoms with Crippen LogP contribution < -0.4 is 5.32 Å². The zero-order chi connectivity index (χ0) is 20.7. The van der Waals surface area contributed by atoms with Crippen molar-refractivity contribution in [2.24, 2.45) is 0 Å². The normalized spacial score (nSPS) is 13.0. The Kier molecular flexibility index (Phi) is 4.42. The molecule has 0 bridgehead atoms. The van der Waals surface area contributed by atoms with Crippen molar-refractivity contribution in [3.63, 3.8) is 0 Å². The highest BCUT2D eigenvalue weighted by molar-refractivity contribution is 6.22. The highest BCUT2D eigenvalue weighted by Crippen LogP contribution is 2.26. The minimum absolute atomic E-state index is 0.0000326. The Labute approximate surface area is 161 Å². The minimum Gasteiger partial charge on any atom is -0.467 e. The molecule has 3 amide bonds. The molecule has 0 aliphatic carbocycles. The topological polar surface area (TPSA) is 79.6 Å². The number of hydrogen-bond acceptors (Lipinski definition) is 4. The molecule has 0 unspecified atom stereocenters. The first kappa shape index (κ1) is 18.5. The van der Waals surface area contributed by atoms with Crippen molar-refractivity contribution in [3.8, 4) is 0 Å². The molecule has 0 atom stereocenters. The monoisotopic (exact) mass is 400 g/mol. The van der Waals surface area contributed by atoms with Crippen molar-refractivity contribution < 1.29 is 32.0 Å². The van der Waals surface area contributed by atoms with E-state index in [1.54, 1.807) is 12.1 Å². The van der Waals surface area contributed by atoms with Crippen LogP contribution in [0.5, 0.6) is 0 Å². The van der Waals surface area contributed by atoms with Crippen LogP contribution in [0.3, 0.4) is 0 Å². The predicted octanol–water partition coefficient (Wildman–Crippen LogP) is 3.75. The van der Waals surface area contributed by atoms with Crippen molar-refractivity contribution in [3.05, 3.63) is 88.6 Å². The lowest BCUT2D eigenvalue weighted by molar-refractivity contribution is 0.0631. The number of furan rings is 1. The fourth-order valence-electron chi connectivity index (χ4n) is 2.95. The maximum Gasteiger partial charge on any atom is 0.261 e. The SMILES string of the molecule is O=C(Nc1cc(F)c(F)cc1F)c1ccc2c(c1)C(=O)N(Cc1ccco1)C2=O. The van der Waals surface area contributed by atoms with Gasteiger partial charge in [-0.15, -0.1) is 0 Å². The van der Waals surface area contributed by atoms with Crippen LogP contribution >= 0.6 is 0 Å². The number of nitrogens with zero attached hydrogens (tertiary/aromatic N) is 1. The predicted molar refractivity (Wildman–Crippen MR) is 93.6 cm³/mol. The van der Waals surface area contributed by atoms with Gasteiger partial charge in [-0.25, -0.2) is 13.2 Å². The number of halogens is 3. The third-order valence-corrected chi connectivity index (χ3v) is 4.39. The van der Waals surface area contributed by atoms with Crippen LogP contribution in [0.15, 0.2) is 53.1 Å². The molecular weight excluding hydrogens is 389 g/mol.